The van der Waals surface area contributed by atoms with Crippen molar-refractivity contribution >= 4 is 5.96 Å². The van der Waals surface area contributed by atoms with E-state index < -0.39 is 0 Å². The monoisotopic (exact) mass is 321 g/mol. The number of aromatic nitrogens is 2. The van der Waals surface area contributed by atoms with Crippen LogP contribution in [0.4, 0.5) is 0 Å². The van der Waals surface area contributed by atoms with Crippen LogP contribution in [0, 0.1) is 0 Å². The van der Waals surface area contributed by atoms with Gasteiger partial charge in [-0.2, -0.15) is 5.10 Å². The van der Waals surface area contributed by atoms with Gasteiger partial charge in [-0.25, -0.2) is 0 Å². The second-order valence-corrected chi connectivity index (χ2v) is 6.17. The van der Waals surface area contributed by atoms with Crippen molar-refractivity contribution in [2.24, 2.45) is 12.0 Å². The van der Waals surface area contributed by atoms with Crippen LogP contribution in [0.3, 0.4) is 0 Å². The molecule has 1 heterocycles. The first-order valence-corrected chi connectivity index (χ1v) is 9.18. The summed E-state index contributed by atoms with van der Waals surface area (Å²) in [6.45, 7) is 4.21. The number of hydrogen-bond acceptors (Lipinski definition) is 2. The zero-order valence-corrected chi connectivity index (χ0v) is 15.3. The Morgan fingerprint density at radius 2 is 1.70 bits per heavy atom. The Hall–Kier alpha value is -1.52. The van der Waals surface area contributed by atoms with Crippen LogP contribution >= 0.6 is 0 Å². The van der Waals surface area contributed by atoms with Crippen molar-refractivity contribution < 1.29 is 0 Å². The minimum Gasteiger partial charge on any atom is -0.356 e. The highest BCUT2D eigenvalue weighted by Gasteiger charge is 1.99. The van der Waals surface area contributed by atoms with Gasteiger partial charge in [-0.05, 0) is 24.8 Å². The van der Waals surface area contributed by atoms with Gasteiger partial charge in [-0.3, -0.25) is 9.67 Å². The van der Waals surface area contributed by atoms with Crippen LogP contribution in [0.15, 0.2) is 17.4 Å². The molecule has 0 fully saturated rings. The number of guanidine groups is 1. The number of nitrogens with one attached hydrogen (secondary N) is 2. The molecule has 0 bridgehead atoms. The van der Waals surface area contributed by atoms with Crippen molar-refractivity contribution in [2.45, 2.75) is 64.7 Å². The van der Waals surface area contributed by atoms with Crippen LogP contribution in [0.5, 0.6) is 0 Å². The summed E-state index contributed by atoms with van der Waals surface area (Å²) in [6.07, 6.45) is 15.5. The molecule has 0 aliphatic heterocycles. The fourth-order valence-corrected chi connectivity index (χ4v) is 2.61. The highest BCUT2D eigenvalue weighted by Crippen LogP contribution is 2.06. The van der Waals surface area contributed by atoms with Crippen LogP contribution in [0.2, 0.25) is 0 Å². The third-order valence-electron chi connectivity index (χ3n) is 3.99. The number of rotatable bonds is 12. The Morgan fingerprint density at radius 3 is 2.30 bits per heavy atom. The Balaban J connectivity index is 1.97. The second kappa shape index (κ2) is 13.0. The molecule has 0 saturated carbocycles. The van der Waals surface area contributed by atoms with Gasteiger partial charge in [0.25, 0.3) is 0 Å². The molecule has 0 saturated heterocycles. The standard InChI is InChI=1S/C18H35N5/c1-4-5-6-7-8-9-10-13-20-18(19-2)21-14-11-12-17-15-22-23(3)16-17/h15-16H,4-14H2,1-3H3,(H2,19,20,21). The molecular formula is C18H35N5. The van der Waals surface area contributed by atoms with Crippen molar-refractivity contribution in [1.82, 2.24) is 20.4 Å². The zero-order valence-electron chi connectivity index (χ0n) is 15.3. The number of hydrogen-bond donors (Lipinski definition) is 2. The maximum atomic E-state index is 4.27. The van der Waals surface area contributed by atoms with Crippen molar-refractivity contribution in [1.29, 1.82) is 0 Å². The van der Waals surface area contributed by atoms with Gasteiger partial charge in [0, 0.05) is 33.4 Å². The average Bonchev–Trinajstić information content (AvgIpc) is 2.97. The van der Waals surface area contributed by atoms with E-state index >= 15 is 0 Å². The number of aryl methyl sites for hydroxylation is 2. The molecule has 0 radical (unpaired) electrons. The van der Waals surface area contributed by atoms with Crippen molar-refractivity contribution in [3.05, 3.63) is 18.0 Å². The van der Waals surface area contributed by atoms with Crippen LogP contribution in [0.1, 0.15) is 63.9 Å². The quantitative estimate of drug-likeness (QED) is 0.353. The second-order valence-electron chi connectivity index (χ2n) is 6.17. The predicted octanol–water partition coefficient (Wildman–Crippen LogP) is 3.27. The number of aliphatic imine (C=N–C) groups is 1. The van der Waals surface area contributed by atoms with Gasteiger partial charge in [0.2, 0.25) is 0 Å². The SMILES string of the molecule is CCCCCCCCCNC(=NC)NCCCc1cnn(C)c1. The lowest BCUT2D eigenvalue weighted by Crippen LogP contribution is -2.38. The van der Waals surface area contributed by atoms with Crippen LogP contribution in [-0.2, 0) is 13.5 Å². The molecular weight excluding hydrogens is 286 g/mol. The topological polar surface area (TPSA) is 54.2 Å². The summed E-state index contributed by atoms with van der Waals surface area (Å²) in [5.41, 5.74) is 1.29. The minimum atomic E-state index is 0.919. The van der Waals surface area contributed by atoms with E-state index in [0.29, 0.717) is 0 Å². The molecule has 0 aromatic carbocycles. The molecule has 0 aliphatic carbocycles. The Morgan fingerprint density at radius 1 is 1.04 bits per heavy atom. The lowest BCUT2D eigenvalue weighted by Gasteiger charge is -2.11. The molecule has 0 amide bonds. The van der Waals surface area contributed by atoms with Gasteiger partial charge < -0.3 is 10.6 Å². The molecule has 1 aromatic rings. The molecule has 5 heteroatoms. The number of nitrogens with zero attached hydrogens (tertiary/aromatic N) is 3. The largest absolute Gasteiger partial charge is 0.356 e. The van der Waals surface area contributed by atoms with Crippen molar-refractivity contribution in [3.8, 4) is 0 Å². The maximum absolute atomic E-state index is 4.27. The Bertz CT molecular complexity index is 425. The third-order valence-corrected chi connectivity index (χ3v) is 3.99. The molecule has 2 N–H and O–H groups in total. The molecule has 0 aliphatic rings. The lowest BCUT2D eigenvalue weighted by molar-refractivity contribution is 0.583. The van der Waals surface area contributed by atoms with Gasteiger partial charge in [0.1, 0.15) is 0 Å². The fraction of sp³-hybridized carbons (Fsp3) is 0.778. The molecule has 132 valence electrons. The van der Waals surface area contributed by atoms with Gasteiger partial charge in [0.05, 0.1) is 6.20 Å². The molecule has 0 unspecified atom stereocenters. The van der Waals surface area contributed by atoms with Gasteiger partial charge >= 0.3 is 0 Å². The van der Waals surface area contributed by atoms with E-state index in [1.807, 2.05) is 25.0 Å². The highest BCUT2D eigenvalue weighted by atomic mass is 15.2. The normalized spacial score (nSPS) is 11.7. The fourth-order valence-electron chi connectivity index (χ4n) is 2.61. The van der Waals surface area contributed by atoms with Crippen LogP contribution < -0.4 is 10.6 Å². The summed E-state index contributed by atoms with van der Waals surface area (Å²) < 4.78 is 1.85. The molecule has 0 atom stereocenters. The summed E-state index contributed by atoms with van der Waals surface area (Å²) in [7, 11) is 3.79. The summed E-state index contributed by atoms with van der Waals surface area (Å²) in [5.74, 6) is 0.919. The first-order valence-electron chi connectivity index (χ1n) is 9.18. The molecule has 0 spiro atoms. The minimum absolute atomic E-state index is 0.919. The van der Waals surface area contributed by atoms with Gasteiger partial charge in [-0.1, -0.05) is 45.4 Å². The van der Waals surface area contributed by atoms with Gasteiger partial charge in [0.15, 0.2) is 5.96 Å². The van der Waals surface area contributed by atoms with E-state index in [0.717, 1.165) is 31.9 Å². The lowest BCUT2D eigenvalue weighted by atomic mass is 10.1. The summed E-state index contributed by atoms with van der Waals surface area (Å²) in [5, 5.41) is 11.0. The van der Waals surface area contributed by atoms with E-state index in [9.17, 15) is 0 Å². The molecule has 1 aromatic heterocycles. The zero-order chi connectivity index (χ0) is 16.8. The van der Waals surface area contributed by atoms with Gasteiger partial charge in [-0.15, -0.1) is 0 Å². The van der Waals surface area contributed by atoms with Crippen molar-refractivity contribution in [3.63, 3.8) is 0 Å². The van der Waals surface area contributed by atoms with Crippen molar-refractivity contribution in [2.75, 3.05) is 20.1 Å². The summed E-state index contributed by atoms with van der Waals surface area (Å²) >= 11 is 0. The maximum Gasteiger partial charge on any atom is 0.190 e. The Kier molecular flexibility index (Phi) is 11.0. The first kappa shape index (κ1) is 19.5. The van der Waals surface area contributed by atoms with E-state index in [4.69, 9.17) is 0 Å². The average molecular weight is 322 g/mol. The summed E-state index contributed by atoms with van der Waals surface area (Å²) in [6, 6.07) is 0. The highest BCUT2D eigenvalue weighted by molar-refractivity contribution is 5.79. The smallest absolute Gasteiger partial charge is 0.190 e. The molecule has 5 nitrogen and oxygen atoms in total. The van der Waals surface area contributed by atoms with E-state index in [1.54, 1.807) is 0 Å². The predicted molar refractivity (Wildman–Crippen MR) is 98.9 cm³/mol. The van der Waals surface area contributed by atoms with E-state index in [-0.39, 0.29) is 0 Å². The van der Waals surface area contributed by atoms with Crippen LogP contribution in [-0.4, -0.2) is 35.9 Å². The van der Waals surface area contributed by atoms with E-state index in [2.05, 4.69) is 33.8 Å². The summed E-state index contributed by atoms with van der Waals surface area (Å²) in [4.78, 5) is 4.27. The molecule has 1 rings (SSSR count). The first-order chi connectivity index (χ1) is 11.3. The molecule has 23 heavy (non-hydrogen) atoms. The van der Waals surface area contributed by atoms with Crippen LogP contribution in [0.25, 0.3) is 0 Å². The third kappa shape index (κ3) is 9.97. The number of unbranched alkanes of at least 4 members (excludes halogenated alkanes) is 6. The van der Waals surface area contributed by atoms with E-state index in [1.165, 1.54) is 50.5 Å². The Labute approximate surface area is 142 Å².